The highest BCUT2D eigenvalue weighted by Crippen LogP contribution is 2.30. The van der Waals surface area contributed by atoms with Crippen molar-refractivity contribution in [1.29, 1.82) is 0 Å². The van der Waals surface area contributed by atoms with E-state index in [4.69, 9.17) is 4.74 Å². The lowest BCUT2D eigenvalue weighted by molar-refractivity contribution is 0.115. The summed E-state index contributed by atoms with van der Waals surface area (Å²) >= 11 is 6.58. The first-order valence-corrected chi connectivity index (χ1v) is 8.45. The standard InChI is InChI=1S/C11H13Br2NO3S/c1-17-9-4-5-14(7-9)18(15,16)11-6-8(12)2-3-10(11)13/h2-3,6,9H,4-5,7H2,1H3. The number of methoxy groups -OCH3 is 1. The van der Waals surface area contributed by atoms with Gasteiger partial charge in [0.2, 0.25) is 10.0 Å². The molecule has 1 aliphatic heterocycles. The van der Waals surface area contributed by atoms with E-state index in [0.29, 0.717) is 17.6 Å². The molecule has 1 saturated heterocycles. The average Bonchev–Trinajstić information content (AvgIpc) is 2.81. The summed E-state index contributed by atoms with van der Waals surface area (Å²) in [6.45, 7) is 0.914. The van der Waals surface area contributed by atoms with Crippen LogP contribution in [0.4, 0.5) is 0 Å². The lowest BCUT2D eigenvalue weighted by atomic mass is 10.3. The molecule has 0 aliphatic carbocycles. The first kappa shape index (κ1) is 14.5. The minimum Gasteiger partial charge on any atom is -0.380 e. The highest BCUT2D eigenvalue weighted by Gasteiger charge is 2.33. The van der Waals surface area contributed by atoms with Gasteiger partial charge < -0.3 is 4.74 Å². The van der Waals surface area contributed by atoms with Gasteiger partial charge in [-0.05, 0) is 40.5 Å². The van der Waals surface area contributed by atoms with Crippen molar-refractivity contribution in [2.45, 2.75) is 17.4 Å². The Hall–Kier alpha value is 0.0500. The first-order chi connectivity index (χ1) is 8.45. The summed E-state index contributed by atoms with van der Waals surface area (Å²) in [6.07, 6.45) is 0.729. The third kappa shape index (κ3) is 2.80. The topological polar surface area (TPSA) is 46.6 Å². The fraction of sp³-hybridized carbons (Fsp3) is 0.455. The fourth-order valence-corrected chi connectivity index (χ4v) is 4.87. The summed E-state index contributed by atoms with van der Waals surface area (Å²) in [5.74, 6) is 0. The SMILES string of the molecule is COC1CCN(S(=O)(=O)c2cc(Br)ccc2Br)C1. The van der Waals surface area contributed by atoms with Gasteiger partial charge in [-0.15, -0.1) is 0 Å². The Kier molecular flexibility index (Phi) is 4.48. The van der Waals surface area contributed by atoms with Crippen LogP contribution in [-0.4, -0.2) is 39.0 Å². The third-order valence-corrected chi connectivity index (χ3v) is 6.30. The molecule has 1 aliphatic rings. The molecule has 1 aromatic carbocycles. The Bertz CT molecular complexity index is 547. The van der Waals surface area contributed by atoms with Gasteiger partial charge in [-0.3, -0.25) is 0 Å². The third-order valence-electron chi connectivity index (χ3n) is 2.95. The highest BCUT2D eigenvalue weighted by atomic mass is 79.9. The highest BCUT2D eigenvalue weighted by molar-refractivity contribution is 9.11. The molecule has 7 heteroatoms. The molecule has 1 aromatic rings. The van der Waals surface area contributed by atoms with E-state index in [0.717, 1.165) is 10.9 Å². The van der Waals surface area contributed by atoms with Crippen molar-refractivity contribution in [3.05, 3.63) is 27.1 Å². The second-order valence-electron chi connectivity index (χ2n) is 4.08. The van der Waals surface area contributed by atoms with E-state index in [1.165, 1.54) is 4.31 Å². The molecule has 1 unspecified atom stereocenters. The Morgan fingerprint density at radius 3 is 2.72 bits per heavy atom. The van der Waals surface area contributed by atoms with Crippen LogP contribution in [0.1, 0.15) is 6.42 Å². The van der Waals surface area contributed by atoms with Crippen molar-refractivity contribution >= 4 is 41.9 Å². The van der Waals surface area contributed by atoms with E-state index in [9.17, 15) is 8.42 Å². The summed E-state index contributed by atoms with van der Waals surface area (Å²) in [4.78, 5) is 0.286. The Labute approximate surface area is 124 Å². The Morgan fingerprint density at radius 2 is 2.11 bits per heavy atom. The van der Waals surface area contributed by atoms with Crippen molar-refractivity contribution in [2.75, 3.05) is 20.2 Å². The summed E-state index contributed by atoms with van der Waals surface area (Å²) < 4.78 is 33.0. The molecule has 1 atom stereocenters. The van der Waals surface area contributed by atoms with Crippen molar-refractivity contribution in [1.82, 2.24) is 4.31 Å². The second-order valence-corrected chi connectivity index (χ2v) is 7.76. The molecule has 0 N–H and O–H groups in total. The van der Waals surface area contributed by atoms with Gasteiger partial charge in [0.25, 0.3) is 0 Å². The van der Waals surface area contributed by atoms with E-state index < -0.39 is 10.0 Å². The van der Waals surface area contributed by atoms with Gasteiger partial charge in [0.15, 0.2) is 0 Å². The molecule has 0 amide bonds. The van der Waals surface area contributed by atoms with Gasteiger partial charge in [-0.25, -0.2) is 8.42 Å². The van der Waals surface area contributed by atoms with E-state index in [2.05, 4.69) is 31.9 Å². The maximum absolute atomic E-state index is 12.5. The van der Waals surface area contributed by atoms with Crippen molar-refractivity contribution in [3.8, 4) is 0 Å². The monoisotopic (exact) mass is 397 g/mol. The molecule has 0 spiro atoms. The van der Waals surface area contributed by atoms with E-state index >= 15 is 0 Å². The quantitative estimate of drug-likeness (QED) is 0.786. The molecule has 18 heavy (non-hydrogen) atoms. The molecule has 4 nitrogen and oxygen atoms in total. The van der Waals surface area contributed by atoms with Crippen LogP contribution in [0.15, 0.2) is 32.0 Å². The zero-order valence-electron chi connectivity index (χ0n) is 9.77. The zero-order chi connectivity index (χ0) is 13.3. The van der Waals surface area contributed by atoms with Gasteiger partial charge in [0, 0.05) is 29.1 Å². The molecule has 1 heterocycles. The van der Waals surface area contributed by atoms with Crippen LogP contribution in [0.2, 0.25) is 0 Å². The van der Waals surface area contributed by atoms with E-state index in [1.807, 2.05) is 0 Å². The maximum Gasteiger partial charge on any atom is 0.244 e. The van der Waals surface area contributed by atoms with Crippen molar-refractivity contribution < 1.29 is 13.2 Å². The largest absolute Gasteiger partial charge is 0.380 e. The summed E-state index contributed by atoms with van der Waals surface area (Å²) in [5.41, 5.74) is 0. The number of ether oxygens (including phenoxy) is 1. The summed E-state index contributed by atoms with van der Waals surface area (Å²) in [7, 11) is -1.85. The Morgan fingerprint density at radius 1 is 1.39 bits per heavy atom. The number of benzene rings is 1. The number of nitrogens with zero attached hydrogens (tertiary/aromatic N) is 1. The van der Waals surface area contributed by atoms with E-state index in [-0.39, 0.29) is 11.0 Å². The predicted octanol–water partition coefficient (Wildman–Crippen LogP) is 2.62. The van der Waals surface area contributed by atoms with Crippen LogP contribution in [0, 0.1) is 0 Å². The number of halogens is 2. The average molecular weight is 399 g/mol. The lowest BCUT2D eigenvalue weighted by Gasteiger charge is -2.17. The number of hydrogen-bond donors (Lipinski definition) is 0. The van der Waals surface area contributed by atoms with Crippen molar-refractivity contribution in [3.63, 3.8) is 0 Å². The van der Waals surface area contributed by atoms with Crippen LogP contribution >= 0.6 is 31.9 Å². The van der Waals surface area contributed by atoms with Gasteiger partial charge in [0.1, 0.15) is 0 Å². The fourth-order valence-electron chi connectivity index (χ4n) is 1.92. The van der Waals surface area contributed by atoms with Crippen LogP contribution in [-0.2, 0) is 14.8 Å². The van der Waals surface area contributed by atoms with Gasteiger partial charge >= 0.3 is 0 Å². The Balaban J connectivity index is 2.34. The van der Waals surface area contributed by atoms with Crippen LogP contribution in [0.5, 0.6) is 0 Å². The zero-order valence-corrected chi connectivity index (χ0v) is 13.8. The van der Waals surface area contributed by atoms with Crippen molar-refractivity contribution in [2.24, 2.45) is 0 Å². The van der Waals surface area contributed by atoms with Crippen LogP contribution in [0.3, 0.4) is 0 Å². The van der Waals surface area contributed by atoms with Gasteiger partial charge in [0.05, 0.1) is 11.0 Å². The number of hydrogen-bond acceptors (Lipinski definition) is 3. The molecular formula is C11H13Br2NO3S. The molecule has 0 saturated carbocycles. The minimum absolute atomic E-state index is 0.00861. The normalized spacial score (nSPS) is 21.4. The molecular weight excluding hydrogens is 386 g/mol. The number of rotatable bonds is 3. The number of sulfonamides is 1. The van der Waals surface area contributed by atoms with Crippen LogP contribution < -0.4 is 0 Å². The second kappa shape index (κ2) is 5.58. The molecule has 0 aromatic heterocycles. The predicted molar refractivity (Wildman–Crippen MR) is 76.0 cm³/mol. The summed E-state index contributed by atoms with van der Waals surface area (Å²) in [6, 6.07) is 5.13. The lowest BCUT2D eigenvalue weighted by Crippen LogP contribution is -2.30. The van der Waals surface area contributed by atoms with Gasteiger partial charge in [-0.2, -0.15) is 4.31 Å². The molecule has 0 radical (unpaired) electrons. The smallest absolute Gasteiger partial charge is 0.244 e. The van der Waals surface area contributed by atoms with Crippen LogP contribution in [0.25, 0.3) is 0 Å². The first-order valence-electron chi connectivity index (χ1n) is 5.43. The van der Waals surface area contributed by atoms with E-state index in [1.54, 1.807) is 25.3 Å². The molecule has 0 bridgehead atoms. The van der Waals surface area contributed by atoms with Gasteiger partial charge in [-0.1, -0.05) is 15.9 Å². The maximum atomic E-state index is 12.5. The summed E-state index contributed by atoms with van der Waals surface area (Å²) in [5, 5.41) is 0. The molecule has 1 fully saturated rings. The molecule has 100 valence electrons. The molecule has 2 rings (SSSR count). The minimum atomic E-state index is -3.46.